The standard InChI is InChI=1S/C10H8F2N2O/c1-5(15)9-6(4-13)2-7(14)3-8(9)10(11)12/h2-3,10H,14H2,1H3. The second kappa shape index (κ2) is 4.05. The number of hydrogen-bond acceptors (Lipinski definition) is 3. The van der Waals surface area contributed by atoms with E-state index in [-0.39, 0.29) is 16.8 Å². The summed E-state index contributed by atoms with van der Waals surface area (Å²) in [7, 11) is 0. The first kappa shape index (κ1) is 11.1. The van der Waals surface area contributed by atoms with E-state index in [9.17, 15) is 13.6 Å². The molecule has 0 atom stereocenters. The van der Waals surface area contributed by atoms with Crippen LogP contribution in [-0.4, -0.2) is 5.78 Å². The van der Waals surface area contributed by atoms with E-state index >= 15 is 0 Å². The van der Waals surface area contributed by atoms with Gasteiger partial charge in [-0.25, -0.2) is 8.78 Å². The Hall–Kier alpha value is -1.96. The molecule has 0 bridgehead atoms. The minimum absolute atomic E-state index is 0.0480. The highest BCUT2D eigenvalue weighted by atomic mass is 19.3. The molecule has 0 aromatic heterocycles. The number of anilines is 1. The van der Waals surface area contributed by atoms with E-state index in [2.05, 4.69) is 0 Å². The van der Waals surface area contributed by atoms with E-state index < -0.39 is 17.8 Å². The molecule has 0 heterocycles. The van der Waals surface area contributed by atoms with Crippen molar-refractivity contribution in [2.24, 2.45) is 0 Å². The van der Waals surface area contributed by atoms with Gasteiger partial charge in [0.05, 0.1) is 11.6 Å². The highest BCUT2D eigenvalue weighted by Crippen LogP contribution is 2.28. The van der Waals surface area contributed by atoms with Crippen LogP contribution in [0.15, 0.2) is 12.1 Å². The van der Waals surface area contributed by atoms with Crippen LogP contribution in [0.25, 0.3) is 0 Å². The summed E-state index contributed by atoms with van der Waals surface area (Å²) < 4.78 is 25.1. The zero-order valence-corrected chi connectivity index (χ0v) is 7.92. The fourth-order valence-corrected chi connectivity index (χ4v) is 1.34. The fraction of sp³-hybridized carbons (Fsp3) is 0.200. The molecule has 0 amide bonds. The lowest BCUT2D eigenvalue weighted by Crippen LogP contribution is -2.05. The Balaban J connectivity index is 3.56. The lowest BCUT2D eigenvalue weighted by Gasteiger charge is -2.08. The van der Waals surface area contributed by atoms with Crippen molar-refractivity contribution in [2.75, 3.05) is 5.73 Å². The van der Waals surface area contributed by atoms with Crippen molar-refractivity contribution >= 4 is 11.5 Å². The largest absolute Gasteiger partial charge is 0.399 e. The normalized spacial score (nSPS) is 10.1. The number of nitrogens with two attached hydrogens (primary N) is 1. The lowest BCUT2D eigenvalue weighted by atomic mass is 9.98. The van der Waals surface area contributed by atoms with Crippen molar-refractivity contribution in [3.63, 3.8) is 0 Å². The van der Waals surface area contributed by atoms with Crippen molar-refractivity contribution < 1.29 is 13.6 Å². The zero-order valence-electron chi connectivity index (χ0n) is 7.92. The molecule has 0 radical (unpaired) electrons. The van der Waals surface area contributed by atoms with Crippen molar-refractivity contribution in [3.05, 3.63) is 28.8 Å². The quantitative estimate of drug-likeness (QED) is 0.601. The maximum Gasteiger partial charge on any atom is 0.264 e. The molecule has 78 valence electrons. The highest BCUT2D eigenvalue weighted by Gasteiger charge is 2.20. The van der Waals surface area contributed by atoms with Crippen molar-refractivity contribution in [1.82, 2.24) is 0 Å². The van der Waals surface area contributed by atoms with Gasteiger partial charge in [0.15, 0.2) is 5.78 Å². The molecule has 0 saturated carbocycles. The van der Waals surface area contributed by atoms with Gasteiger partial charge in [-0.05, 0) is 19.1 Å². The predicted molar refractivity (Wildman–Crippen MR) is 50.5 cm³/mol. The number of ketones is 1. The molecule has 1 aromatic carbocycles. The van der Waals surface area contributed by atoms with Crippen LogP contribution in [0.3, 0.4) is 0 Å². The number of rotatable bonds is 2. The maximum atomic E-state index is 12.6. The van der Waals surface area contributed by atoms with E-state index in [0.29, 0.717) is 0 Å². The van der Waals surface area contributed by atoms with Crippen LogP contribution in [0.5, 0.6) is 0 Å². The molecule has 0 saturated heterocycles. The number of carbonyl (C=O) groups is 1. The molecule has 0 aliphatic rings. The summed E-state index contributed by atoms with van der Waals surface area (Å²) in [5.41, 5.74) is 4.55. The summed E-state index contributed by atoms with van der Waals surface area (Å²) in [5.74, 6) is -0.568. The minimum atomic E-state index is -2.82. The molecular weight excluding hydrogens is 202 g/mol. The summed E-state index contributed by atoms with van der Waals surface area (Å²) in [6.07, 6.45) is -2.82. The van der Waals surface area contributed by atoms with Gasteiger partial charge in [0.25, 0.3) is 6.43 Å². The molecule has 15 heavy (non-hydrogen) atoms. The Labute approximate surface area is 85.1 Å². The number of halogens is 2. The fourth-order valence-electron chi connectivity index (χ4n) is 1.34. The van der Waals surface area contributed by atoms with E-state index in [0.717, 1.165) is 13.0 Å². The molecule has 5 heteroatoms. The Bertz CT molecular complexity index is 449. The molecule has 3 nitrogen and oxygen atoms in total. The van der Waals surface area contributed by atoms with Crippen molar-refractivity contribution in [2.45, 2.75) is 13.3 Å². The van der Waals surface area contributed by atoms with Crippen LogP contribution >= 0.6 is 0 Å². The number of nitrogen functional groups attached to an aromatic ring is 1. The van der Waals surface area contributed by atoms with Crippen LogP contribution < -0.4 is 5.73 Å². The van der Waals surface area contributed by atoms with Crippen molar-refractivity contribution in [1.29, 1.82) is 5.26 Å². The van der Waals surface area contributed by atoms with Crippen LogP contribution in [0.4, 0.5) is 14.5 Å². The molecular formula is C10H8F2N2O. The topological polar surface area (TPSA) is 66.9 Å². The zero-order chi connectivity index (χ0) is 11.6. The summed E-state index contributed by atoms with van der Waals surface area (Å²) in [4.78, 5) is 11.1. The molecule has 0 aliphatic heterocycles. The Morgan fingerprint density at radius 3 is 2.53 bits per heavy atom. The van der Waals surface area contributed by atoms with Crippen LogP contribution in [0.2, 0.25) is 0 Å². The number of nitriles is 1. The van der Waals surface area contributed by atoms with Gasteiger partial charge in [-0.2, -0.15) is 5.26 Å². The third-order valence-electron chi connectivity index (χ3n) is 1.90. The highest BCUT2D eigenvalue weighted by molar-refractivity contribution is 5.98. The second-order valence-corrected chi connectivity index (χ2v) is 3.00. The van der Waals surface area contributed by atoms with E-state index in [1.54, 1.807) is 6.07 Å². The first-order valence-electron chi connectivity index (χ1n) is 4.10. The molecule has 0 aliphatic carbocycles. The molecule has 2 N–H and O–H groups in total. The molecule has 0 unspecified atom stereocenters. The molecule has 1 rings (SSSR count). The Morgan fingerprint density at radius 2 is 2.13 bits per heavy atom. The first-order valence-corrected chi connectivity index (χ1v) is 4.10. The lowest BCUT2D eigenvalue weighted by molar-refractivity contribution is 0.0999. The van der Waals surface area contributed by atoms with Crippen LogP contribution in [0.1, 0.15) is 34.8 Å². The third kappa shape index (κ3) is 2.10. The summed E-state index contributed by atoms with van der Waals surface area (Å²) in [6.45, 7) is 1.14. The van der Waals surface area contributed by atoms with Gasteiger partial charge in [-0.15, -0.1) is 0 Å². The van der Waals surface area contributed by atoms with Gasteiger partial charge in [-0.3, -0.25) is 4.79 Å². The number of hydrogen-bond donors (Lipinski definition) is 1. The number of carbonyl (C=O) groups excluding carboxylic acids is 1. The average molecular weight is 210 g/mol. The smallest absolute Gasteiger partial charge is 0.264 e. The predicted octanol–water partition coefficient (Wildman–Crippen LogP) is 2.28. The van der Waals surface area contributed by atoms with E-state index in [1.807, 2.05) is 0 Å². The van der Waals surface area contributed by atoms with Crippen LogP contribution in [0, 0.1) is 11.3 Å². The van der Waals surface area contributed by atoms with E-state index in [1.165, 1.54) is 6.07 Å². The second-order valence-electron chi connectivity index (χ2n) is 3.00. The molecule has 1 aromatic rings. The van der Waals surface area contributed by atoms with Gasteiger partial charge < -0.3 is 5.73 Å². The summed E-state index contributed by atoms with van der Waals surface area (Å²) in [6, 6.07) is 3.91. The number of alkyl halides is 2. The van der Waals surface area contributed by atoms with Gasteiger partial charge in [0.2, 0.25) is 0 Å². The first-order chi connectivity index (χ1) is 6.97. The number of Topliss-reactive ketones (excluding diaryl/α,β-unsaturated/α-hetero) is 1. The monoisotopic (exact) mass is 210 g/mol. The average Bonchev–Trinajstić information content (AvgIpc) is 2.15. The maximum absolute atomic E-state index is 12.6. The number of nitrogens with zero attached hydrogens (tertiary/aromatic N) is 1. The SMILES string of the molecule is CC(=O)c1c(C#N)cc(N)cc1C(F)F. The number of benzene rings is 1. The van der Waals surface area contributed by atoms with E-state index in [4.69, 9.17) is 11.0 Å². The summed E-state index contributed by atoms with van der Waals surface area (Å²) >= 11 is 0. The summed E-state index contributed by atoms with van der Waals surface area (Å²) in [5, 5.41) is 8.70. The minimum Gasteiger partial charge on any atom is -0.399 e. The van der Waals surface area contributed by atoms with Gasteiger partial charge in [0.1, 0.15) is 0 Å². The van der Waals surface area contributed by atoms with Gasteiger partial charge in [0, 0.05) is 16.8 Å². The molecule has 0 fully saturated rings. The van der Waals surface area contributed by atoms with Gasteiger partial charge >= 0.3 is 0 Å². The van der Waals surface area contributed by atoms with Crippen molar-refractivity contribution in [3.8, 4) is 6.07 Å². The van der Waals surface area contributed by atoms with Gasteiger partial charge in [-0.1, -0.05) is 0 Å². The third-order valence-corrected chi connectivity index (χ3v) is 1.90. The Morgan fingerprint density at radius 1 is 1.53 bits per heavy atom. The van der Waals surface area contributed by atoms with Crippen LogP contribution in [-0.2, 0) is 0 Å². The Kier molecular flexibility index (Phi) is 3.00. The molecule has 0 spiro atoms.